The van der Waals surface area contributed by atoms with E-state index in [1.807, 2.05) is 54.6 Å². The van der Waals surface area contributed by atoms with Crippen LogP contribution in [-0.4, -0.2) is 32.8 Å². The Kier molecular flexibility index (Phi) is 4.86. The second kappa shape index (κ2) is 7.35. The molecule has 0 amide bonds. The Hall–Kier alpha value is -3.16. The number of furan rings is 1. The average molecular weight is 409 g/mol. The first-order chi connectivity index (χ1) is 13.9. The number of carbonyl (C=O) groups is 1. The highest BCUT2D eigenvalue weighted by Crippen LogP contribution is 2.29. The molecule has 1 heterocycles. The molecule has 4 rings (SSSR count). The zero-order chi connectivity index (χ0) is 20.6. The summed E-state index contributed by atoms with van der Waals surface area (Å²) >= 11 is 0. The van der Waals surface area contributed by atoms with Crippen molar-refractivity contribution in [3.63, 3.8) is 0 Å². The first-order valence-electron chi connectivity index (χ1n) is 8.97. The number of sulfonamides is 1. The number of fused-ring (bicyclic) bond motifs is 2. The second-order valence-electron chi connectivity index (χ2n) is 6.78. The summed E-state index contributed by atoms with van der Waals surface area (Å²) in [4.78, 5) is 13.0. The van der Waals surface area contributed by atoms with Crippen LogP contribution in [0.1, 0.15) is 16.1 Å². The van der Waals surface area contributed by atoms with Gasteiger partial charge in [0.05, 0.1) is 5.56 Å². The molecule has 0 unspecified atom stereocenters. The van der Waals surface area contributed by atoms with Gasteiger partial charge in [0.2, 0.25) is 5.09 Å². The molecule has 1 aromatic heterocycles. The highest BCUT2D eigenvalue weighted by molar-refractivity contribution is 7.88. The van der Waals surface area contributed by atoms with E-state index in [1.54, 1.807) is 0 Å². The van der Waals surface area contributed by atoms with E-state index in [9.17, 15) is 13.2 Å². The second-order valence-corrected chi connectivity index (χ2v) is 8.86. The zero-order valence-electron chi connectivity index (χ0n) is 16.0. The summed E-state index contributed by atoms with van der Waals surface area (Å²) < 4.78 is 36.1. The van der Waals surface area contributed by atoms with Crippen LogP contribution in [0.5, 0.6) is 0 Å². The summed E-state index contributed by atoms with van der Waals surface area (Å²) in [6.07, 6.45) is 0. The van der Waals surface area contributed by atoms with Gasteiger partial charge >= 0.3 is 5.97 Å². The van der Waals surface area contributed by atoms with Crippen molar-refractivity contribution in [2.45, 2.75) is 11.7 Å². The molecule has 0 aliphatic heterocycles. The van der Waals surface area contributed by atoms with Crippen LogP contribution in [0, 0.1) is 0 Å². The third-order valence-electron chi connectivity index (χ3n) is 4.69. The van der Waals surface area contributed by atoms with Gasteiger partial charge in [-0.3, -0.25) is 0 Å². The standard InChI is InChI=1S/C22H19NO5S/c1-23(2)29(25,26)20-12-11-17(28-20)14-27-22(24)21-18-9-5-3-7-15(18)13-16-8-4-6-10-19(16)21/h3-13H,14H2,1-2H3. The Morgan fingerprint density at radius 2 is 1.52 bits per heavy atom. The molecule has 0 N–H and O–H groups in total. The van der Waals surface area contributed by atoms with Gasteiger partial charge in [-0.25, -0.2) is 17.5 Å². The lowest BCUT2D eigenvalue weighted by Gasteiger charge is -2.11. The molecule has 0 radical (unpaired) electrons. The highest BCUT2D eigenvalue weighted by Gasteiger charge is 2.22. The fourth-order valence-corrected chi connectivity index (χ4v) is 4.01. The SMILES string of the molecule is CN(C)S(=O)(=O)c1ccc(COC(=O)c2c3ccccc3cc3ccccc23)o1. The molecule has 0 bridgehead atoms. The fraction of sp³-hybridized carbons (Fsp3) is 0.136. The largest absolute Gasteiger partial charge is 0.454 e. The lowest BCUT2D eigenvalue weighted by Crippen LogP contribution is -2.21. The summed E-state index contributed by atoms with van der Waals surface area (Å²) in [5.41, 5.74) is 0.478. The van der Waals surface area contributed by atoms with Gasteiger partial charge in [0.15, 0.2) is 0 Å². The van der Waals surface area contributed by atoms with Gasteiger partial charge in [-0.2, -0.15) is 0 Å². The molecule has 148 valence electrons. The van der Waals surface area contributed by atoms with Gasteiger partial charge in [0, 0.05) is 14.1 Å². The predicted molar refractivity (Wildman–Crippen MR) is 110 cm³/mol. The van der Waals surface area contributed by atoms with Gasteiger partial charge in [0.1, 0.15) is 12.4 Å². The van der Waals surface area contributed by atoms with Gasteiger partial charge in [-0.1, -0.05) is 48.5 Å². The fourth-order valence-electron chi connectivity index (χ4n) is 3.20. The quantitative estimate of drug-likeness (QED) is 0.365. The maximum Gasteiger partial charge on any atom is 0.339 e. The normalized spacial score (nSPS) is 12.0. The average Bonchev–Trinajstić information content (AvgIpc) is 3.20. The minimum atomic E-state index is -3.68. The van der Waals surface area contributed by atoms with Crippen LogP contribution in [0.2, 0.25) is 0 Å². The van der Waals surface area contributed by atoms with Crippen LogP contribution in [-0.2, 0) is 21.4 Å². The number of hydrogen-bond donors (Lipinski definition) is 0. The summed E-state index contributed by atoms with van der Waals surface area (Å²) in [5.74, 6) is -0.241. The van der Waals surface area contributed by atoms with Gasteiger partial charge in [0.25, 0.3) is 10.0 Å². The Labute approximate surface area is 168 Å². The summed E-state index contributed by atoms with van der Waals surface area (Å²) in [6, 6.07) is 20.1. The first-order valence-corrected chi connectivity index (χ1v) is 10.4. The lowest BCUT2D eigenvalue weighted by atomic mass is 9.97. The molecule has 0 fully saturated rings. The third-order valence-corrected chi connectivity index (χ3v) is 6.38. The monoisotopic (exact) mass is 409 g/mol. The molecule has 29 heavy (non-hydrogen) atoms. The first kappa shape index (κ1) is 19.2. The summed E-state index contributed by atoms with van der Waals surface area (Å²) in [7, 11) is -0.839. The zero-order valence-corrected chi connectivity index (χ0v) is 16.8. The van der Waals surface area contributed by atoms with E-state index in [4.69, 9.17) is 9.15 Å². The van der Waals surface area contributed by atoms with Crippen LogP contribution in [0.25, 0.3) is 21.5 Å². The van der Waals surface area contributed by atoms with E-state index in [-0.39, 0.29) is 17.5 Å². The minimum Gasteiger partial charge on any atom is -0.454 e. The predicted octanol–water partition coefficient (Wildman–Crippen LogP) is 4.19. The van der Waals surface area contributed by atoms with Crippen molar-refractivity contribution in [3.8, 4) is 0 Å². The number of carbonyl (C=O) groups excluding carboxylic acids is 1. The molecule has 0 atom stereocenters. The van der Waals surface area contributed by atoms with Gasteiger partial charge < -0.3 is 9.15 Å². The van der Waals surface area contributed by atoms with Crippen molar-refractivity contribution in [2.24, 2.45) is 0 Å². The van der Waals surface area contributed by atoms with Gasteiger partial charge in [-0.15, -0.1) is 0 Å². The van der Waals surface area contributed by atoms with E-state index in [0.717, 1.165) is 25.9 Å². The Morgan fingerprint density at radius 1 is 0.931 bits per heavy atom. The molecule has 0 spiro atoms. The van der Waals surface area contributed by atoms with Crippen molar-refractivity contribution >= 4 is 37.5 Å². The van der Waals surface area contributed by atoms with Crippen LogP contribution < -0.4 is 0 Å². The molecular weight excluding hydrogens is 390 g/mol. The Balaban J connectivity index is 1.66. The third kappa shape index (κ3) is 3.50. The van der Waals surface area contributed by atoms with E-state index in [2.05, 4.69) is 0 Å². The van der Waals surface area contributed by atoms with Crippen LogP contribution >= 0.6 is 0 Å². The van der Waals surface area contributed by atoms with Crippen molar-refractivity contribution < 1.29 is 22.4 Å². The molecule has 0 saturated heterocycles. The van der Waals surface area contributed by atoms with Crippen LogP contribution in [0.15, 0.2) is 76.2 Å². The smallest absolute Gasteiger partial charge is 0.339 e. The molecule has 0 aliphatic carbocycles. The number of rotatable bonds is 5. The van der Waals surface area contributed by atoms with E-state index >= 15 is 0 Å². The van der Waals surface area contributed by atoms with E-state index in [0.29, 0.717) is 5.56 Å². The van der Waals surface area contributed by atoms with E-state index in [1.165, 1.54) is 26.2 Å². The number of esters is 1. The lowest BCUT2D eigenvalue weighted by molar-refractivity contribution is 0.0445. The van der Waals surface area contributed by atoms with Crippen LogP contribution in [0.3, 0.4) is 0 Å². The van der Waals surface area contributed by atoms with Gasteiger partial charge in [-0.05, 0) is 39.7 Å². The molecule has 0 aliphatic rings. The summed E-state index contributed by atoms with van der Waals surface area (Å²) in [6.45, 7) is -0.167. The molecule has 0 saturated carbocycles. The number of hydrogen-bond acceptors (Lipinski definition) is 5. The number of nitrogens with zero attached hydrogens (tertiary/aromatic N) is 1. The molecule has 7 heteroatoms. The highest BCUT2D eigenvalue weighted by atomic mass is 32.2. The number of ether oxygens (including phenoxy) is 1. The maximum atomic E-state index is 13.0. The molecular formula is C22H19NO5S. The Bertz CT molecular complexity index is 1270. The van der Waals surface area contributed by atoms with E-state index < -0.39 is 16.0 Å². The topological polar surface area (TPSA) is 76.8 Å². The van der Waals surface area contributed by atoms with Crippen molar-refractivity contribution in [3.05, 3.63) is 78.1 Å². The Morgan fingerprint density at radius 3 is 2.10 bits per heavy atom. The van der Waals surface area contributed by atoms with Crippen LogP contribution in [0.4, 0.5) is 0 Å². The van der Waals surface area contributed by atoms with Crippen molar-refractivity contribution in [1.82, 2.24) is 4.31 Å². The molecule has 6 nitrogen and oxygen atoms in total. The van der Waals surface area contributed by atoms with Crippen molar-refractivity contribution in [1.29, 1.82) is 0 Å². The van der Waals surface area contributed by atoms with Crippen molar-refractivity contribution in [2.75, 3.05) is 14.1 Å². The minimum absolute atomic E-state index is 0.167. The maximum absolute atomic E-state index is 13.0. The number of benzene rings is 3. The molecule has 3 aromatic carbocycles. The summed E-state index contributed by atoms with van der Waals surface area (Å²) in [5, 5.41) is 3.29. The molecule has 4 aromatic rings.